The highest BCUT2D eigenvalue weighted by molar-refractivity contribution is 14.0. The number of guanidine groups is 1. The van der Waals surface area contributed by atoms with Gasteiger partial charge in [-0.25, -0.2) is 4.99 Å². The summed E-state index contributed by atoms with van der Waals surface area (Å²) in [5.74, 6) is 1.45. The standard InChI is InChI=1S/C20H33N5O2.HI/c1-4-22-20(24-17-9-11-25(12-10-17)14-19(21)26)23-13-16(3)27-18-8-6-5-7-15(18)2;/h5-8,16-17H,4,9-14H2,1-3H3,(H2,21,26)(H2,22,23,24);1H. The van der Waals surface area contributed by atoms with E-state index in [9.17, 15) is 4.79 Å². The minimum Gasteiger partial charge on any atom is -0.489 e. The molecule has 0 spiro atoms. The molecule has 28 heavy (non-hydrogen) atoms. The number of benzene rings is 1. The topological polar surface area (TPSA) is 92.0 Å². The van der Waals surface area contributed by atoms with Crippen molar-refractivity contribution in [3.8, 4) is 5.75 Å². The van der Waals surface area contributed by atoms with E-state index in [0.717, 1.165) is 49.7 Å². The van der Waals surface area contributed by atoms with Gasteiger partial charge in [0.1, 0.15) is 11.9 Å². The van der Waals surface area contributed by atoms with Gasteiger partial charge in [-0.3, -0.25) is 9.69 Å². The maximum atomic E-state index is 11.0. The number of para-hydroxylation sites is 1. The van der Waals surface area contributed by atoms with Gasteiger partial charge in [-0.1, -0.05) is 18.2 Å². The summed E-state index contributed by atoms with van der Waals surface area (Å²) in [6.07, 6.45) is 1.92. The van der Waals surface area contributed by atoms with Crippen molar-refractivity contribution in [3.63, 3.8) is 0 Å². The Balaban J connectivity index is 0.00000392. The molecule has 1 amide bonds. The van der Waals surface area contributed by atoms with E-state index in [0.29, 0.717) is 19.1 Å². The Bertz CT molecular complexity index is 633. The van der Waals surface area contributed by atoms with Gasteiger partial charge < -0.3 is 21.1 Å². The fourth-order valence-corrected chi connectivity index (χ4v) is 3.13. The highest BCUT2D eigenvalue weighted by atomic mass is 127. The summed E-state index contributed by atoms with van der Waals surface area (Å²) in [6, 6.07) is 8.36. The number of nitrogens with two attached hydrogens (primary N) is 1. The molecule has 0 saturated carbocycles. The minimum atomic E-state index is -0.265. The third kappa shape index (κ3) is 8.64. The summed E-state index contributed by atoms with van der Waals surface area (Å²) in [5, 5.41) is 6.80. The molecule has 8 heteroatoms. The van der Waals surface area contributed by atoms with Gasteiger partial charge in [0.2, 0.25) is 5.91 Å². The number of rotatable bonds is 8. The predicted octanol–water partition coefficient (Wildman–Crippen LogP) is 1.89. The molecule has 0 aliphatic carbocycles. The van der Waals surface area contributed by atoms with Crippen molar-refractivity contribution in [2.75, 3.05) is 32.7 Å². The zero-order valence-electron chi connectivity index (χ0n) is 17.1. The first-order chi connectivity index (χ1) is 13.0. The third-order valence-electron chi connectivity index (χ3n) is 4.58. The first-order valence-corrected chi connectivity index (χ1v) is 9.75. The van der Waals surface area contributed by atoms with E-state index in [1.165, 1.54) is 0 Å². The molecule has 1 atom stereocenters. The number of aliphatic imine (C=N–C) groups is 1. The number of halogens is 1. The van der Waals surface area contributed by atoms with Gasteiger partial charge in [0.25, 0.3) is 0 Å². The summed E-state index contributed by atoms with van der Waals surface area (Å²) < 4.78 is 6.00. The molecule has 0 bridgehead atoms. The third-order valence-corrected chi connectivity index (χ3v) is 4.58. The van der Waals surface area contributed by atoms with E-state index in [4.69, 9.17) is 10.5 Å². The molecule has 2 rings (SSSR count). The van der Waals surface area contributed by atoms with Crippen LogP contribution in [0.4, 0.5) is 0 Å². The van der Waals surface area contributed by atoms with Crippen LogP contribution in [-0.4, -0.2) is 61.6 Å². The van der Waals surface area contributed by atoms with Gasteiger partial charge in [-0.15, -0.1) is 24.0 Å². The second kappa shape index (κ2) is 12.8. The number of aryl methyl sites for hydroxylation is 1. The lowest BCUT2D eigenvalue weighted by Crippen LogP contribution is -2.50. The van der Waals surface area contributed by atoms with Crippen LogP contribution in [0.25, 0.3) is 0 Å². The monoisotopic (exact) mass is 503 g/mol. The average molecular weight is 503 g/mol. The van der Waals surface area contributed by atoms with Crippen molar-refractivity contribution >= 4 is 35.8 Å². The van der Waals surface area contributed by atoms with Crippen LogP contribution in [0.1, 0.15) is 32.3 Å². The highest BCUT2D eigenvalue weighted by Crippen LogP contribution is 2.17. The van der Waals surface area contributed by atoms with Crippen molar-refractivity contribution < 1.29 is 9.53 Å². The van der Waals surface area contributed by atoms with E-state index in [2.05, 4.69) is 27.4 Å². The van der Waals surface area contributed by atoms with Gasteiger partial charge in [-0.2, -0.15) is 0 Å². The fourth-order valence-electron chi connectivity index (χ4n) is 3.13. The Morgan fingerprint density at radius 1 is 1.36 bits per heavy atom. The lowest BCUT2D eigenvalue weighted by Gasteiger charge is -2.32. The Hall–Kier alpha value is -1.55. The normalized spacial score (nSPS) is 16.8. The molecule has 1 saturated heterocycles. The lowest BCUT2D eigenvalue weighted by molar-refractivity contribution is -0.119. The summed E-state index contributed by atoms with van der Waals surface area (Å²) in [6.45, 7) is 9.58. The first kappa shape index (κ1) is 24.5. The number of hydrogen-bond donors (Lipinski definition) is 3. The van der Waals surface area contributed by atoms with E-state index in [-0.39, 0.29) is 36.0 Å². The van der Waals surface area contributed by atoms with Crippen LogP contribution in [0, 0.1) is 6.92 Å². The van der Waals surface area contributed by atoms with E-state index in [1.54, 1.807) is 0 Å². The zero-order valence-corrected chi connectivity index (χ0v) is 19.4. The molecular formula is C20H34IN5O2. The molecule has 1 aliphatic rings. The average Bonchev–Trinajstić information content (AvgIpc) is 2.63. The Labute approximate surface area is 185 Å². The molecule has 1 aromatic carbocycles. The van der Waals surface area contributed by atoms with Crippen LogP contribution >= 0.6 is 24.0 Å². The Morgan fingerprint density at radius 3 is 2.64 bits per heavy atom. The second-order valence-electron chi connectivity index (χ2n) is 7.07. The van der Waals surface area contributed by atoms with Gasteiger partial charge in [0, 0.05) is 25.7 Å². The molecule has 4 N–H and O–H groups in total. The highest BCUT2D eigenvalue weighted by Gasteiger charge is 2.20. The fraction of sp³-hybridized carbons (Fsp3) is 0.600. The molecule has 0 aromatic heterocycles. The van der Waals surface area contributed by atoms with Gasteiger partial charge >= 0.3 is 0 Å². The van der Waals surface area contributed by atoms with Crippen LogP contribution in [0.3, 0.4) is 0 Å². The molecule has 7 nitrogen and oxygen atoms in total. The number of nitrogens with one attached hydrogen (secondary N) is 2. The second-order valence-corrected chi connectivity index (χ2v) is 7.07. The molecule has 1 aliphatic heterocycles. The SMILES string of the molecule is CCNC(=NCC(C)Oc1ccccc1C)NC1CCN(CC(N)=O)CC1.I. The predicted molar refractivity (Wildman–Crippen MR) is 124 cm³/mol. The van der Waals surface area contributed by atoms with Crippen LogP contribution < -0.4 is 21.1 Å². The van der Waals surface area contributed by atoms with E-state index < -0.39 is 0 Å². The van der Waals surface area contributed by atoms with Crippen molar-refractivity contribution in [1.29, 1.82) is 0 Å². The number of amides is 1. The van der Waals surface area contributed by atoms with Crippen LogP contribution in [0.5, 0.6) is 5.75 Å². The number of nitrogens with zero attached hydrogens (tertiary/aromatic N) is 2. The van der Waals surface area contributed by atoms with Crippen molar-refractivity contribution in [2.24, 2.45) is 10.7 Å². The molecule has 1 aromatic rings. The lowest BCUT2D eigenvalue weighted by atomic mass is 10.1. The van der Waals surface area contributed by atoms with Gasteiger partial charge in [0.05, 0.1) is 13.1 Å². The number of carbonyl (C=O) groups is 1. The number of carbonyl (C=O) groups excluding carboxylic acids is 1. The number of likely N-dealkylation sites (tertiary alicyclic amines) is 1. The maximum absolute atomic E-state index is 11.0. The minimum absolute atomic E-state index is 0. The maximum Gasteiger partial charge on any atom is 0.231 e. The van der Waals surface area contributed by atoms with Crippen LogP contribution in [0.2, 0.25) is 0 Å². The number of piperidine rings is 1. The van der Waals surface area contributed by atoms with E-state index in [1.807, 2.05) is 38.1 Å². The quantitative estimate of drug-likeness (QED) is 0.286. The molecule has 1 unspecified atom stereocenters. The van der Waals surface area contributed by atoms with Crippen LogP contribution in [-0.2, 0) is 4.79 Å². The number of primary amides is 1. The van der Waals surface area contributed by atoms with Crippen molar-refractivity contribution in [3.05, 3.63) is 29.8 Å². The molecule has 1 heterocycles. The summed E-state index contributed by atoms with van der Waals surface area (Å²) in [5.41, 5.74) is 6.40. The zero-order chi connectivity index (χ0) is 19.6. The van der Waals surface area contributed by atoms with Crippen molar-refractivity contribution in [1.82, 2.24) is 15.5 Å². The Morgan fingerprint density at radius 2 is 2.04 bits per heavy atom. The molecule has 0 radical (unpaired) electrons. The largest absolute Gasteiger partial charge is 0.489 e. The molecule has 158 valence electrons. The Kier molecular flexibility index (Phi) is 11.2. The summed E-state index contributed by atoms with van der Waals surface area (Å²) in [4.78, 5) is 17.8. The number of ether oxygens (including phenoxy) is 1. The molecular weight excluding hydrogens is 469 g/mol. The number of hydrogen-bond acceptors (Lipinski definition) is 4. The van der Waals surface area contributed by atoms with Crippen LogP contribution in [0.15, 0.2) is 29.3 Å². The van der Waals surface area contributed by atoms with Gasteiger partial charge in [-0.05, 0) is 45.2 Å². The summed E-state index contributed by atoms with van der Waals surface area (Å²) >= 11 is 0. The first-order valence-electron chi connectivity index (χ1n) is 9.75. The smallest absolute Gasteiger partial charge is 0.231 e. The van der Waals surface area contributed by atoms with E-state index >= 15 is 0 Å². The summed E-state index contributed by atoms with van der Waals surface area (Å²) in [7, 11) is 0. The van der Waals surface area contributed by atoms with Gasteiger partial charge in [0.15, 0.2) is 5.96 Å². The van der Waals surface area contributed by atoms with Crippen molar-refractivity contribution in [2.45, 2.75) is 45.8 Å². The molecule has 1 fully saturated rings.